The average molecular weight is 356 g/mol. The lowest BCUT2D eigenvalue weighted by Gasteiger charge is -2.07. The zero-order valence-corrected chi connectivity index (χ0v) is 13.4. The number of rotatable bonds is 4. The van der Waals surface area contributed by atoms with Gasteiger partial charge in [0, 0.05) is 18.6 Å². The Morgan fingerprint density at radius 1 is 0.875 bits per heavy atom. The molecule has 2 rings (SSSR count). The molecule has 0 saturated heterocycles. The number of Topliss-reactive ketones (excluding diaryl/α,β-unsaturated/α-hetero) is 1. The Labute approximate surface area is 137 Å². The first-order chi connectivity index (χ1) is 11.2. The Balaban J connectivity index is 0.000000648. The fraction of sp³-hybridized carbons (Fsp3) is 0.133. The minimum absolute atomic E-state index is 0.0939. The van der Waals surface area contributed by atoms with Gasteiger partial charge in [-0.25, -0.2) is 0 Å². The smallest absolute Gasteiger partial charge is 0.314 e. The lowest BCUT2D eigenvalue weighted by molar-refractivity contribution is 0.0977. The normalized spacial score (nSPS) is 10.1. The third-order valence-electron chi connectivity index (χ3n) is 2.94. The van der Waals surface area contributed by atoms with E-state index in [2.05, 4.69) is 0 Å². The van der Waals surface area contributed by atoms with Gasteiger partial charge in [-0.1, -0.05) is 12.1 Å². The summed E-state index contributed by atoms with van der Waals surface area (Å²) in [6.45, 7) is 0. The van der Waals surface area contributed by atoms with Crippen LogP contribution in [0.5, 0.6) is 23.0 Å². The largest absolute Gasteiger partial charge is 0.508 e. The Bertz CT molecular complexity index is 700. The number of aryl methyl sites for hydroxylation is 1. The number of aromatic hydroxyl groups is 4. The summed E-state index contributed by atoms with van der Waals surface area (Å²) in [5.74, 6) is -1.48. The predicted molar refractivity (Wildman–Crippen MR) is 85.6 cm³/mol. The third kappa shape index (κ3) is 6.29. The zero-order chi connectivity index (χ0) is 18.3. The van der Waals surface area contributed by atoms with Gasteiger partial charge in [0.1, 0.15) is 28.6 Å². The first-order valence-corrected chi connectivity index (χ1v) is 7.99. The summed E-state index contributed by atoms with van der Waals surface area (Å²) in [4.78, 5) is 26.3. The summed E-state index contributed by atoms with van der Waals surface area (Å²) >= 11 is 0. The maximum Gasteiger partial charge on any atom is 0.314 e. The van der Waals surface area contributed by atoms with Crippen molar-refractivity contribution >= 4 is 14.0 Å². The SMILES string of the molecule is O=C(CCc1ccc(O)cc1)c1c(O)cc(O)cc1O.O=[PH](O)O. The molecule has 8 nitrogen and oxygen atoms in total. The van der Waals surface area contributed by atoms with Crippen LogP contribution in [0, 0.1) is 0 Å². The van der Waals surface area contributed by atoms with Crippen molar-refractivity contribution in [1.82, 2.24) is 0 Å². The number of phenols is 4. The molecule has 0 saturated carbocycles. The average Bonchev–Trinajstić information content (AvgIpc) is 2.45. The summed E-state index contributed by atoms with van der Waals surface area (Å²) < 4.78 is 8.74. The van der Waals surface area contributed by atoms with Gasteiger partial charge in [0.25, 0.3) is 0 Å². The van der Waals surface area contributed by atoms with E-state index in [-0.39, 0.29) is 23.5 Å². The Morgan fingerprint density at radius 2 is 1.33 bits per heavy atom. The van der Waals surface area contributed by atoms with Crippen molar-refractivity contribution in [2.75, 3.05) is 0 Å². The van der Waals surface area contributed by atoms with E-state index in [1.54, 1.807) is 12.1 Å². The van der Waals surface area contributed by atoms with Crippen molar-refractivity contribution in [3.63, 3.8) is 0 Å². The van der Waals surface area contributed by atoms with Gasteiger partial charge in [-0.3, -0.25) is 9.36 Å². The predicted octanol–water partition coefficient (Wildman–Crippen LogP) is 1.69. The van der Waals surface area contributed by atoms with Crippen molar-refractivity contribution in [3.8, 4) is 23.0 Å². The summed E-state index contributed by atoms with van der Waals surface area (Å²) in [6, 6.07) is 8.45. The Kier molecular flexibility index (Phi) is 7.26. The summed E-state index contributed by atoms with van der Waals surface area (Å²) in [6.07, 6.45) is 0.509. The minimum atomic E-state index is -3.13. The highest BCUT2D eigenvalue weighted by molar-refractivity contribution is 7.30. The van der Waals surface area contributed by atoms with E-state index in [1.807, 2.05) is 0 Å². The molecule has 0 unspecified atom stereocenters. The lowest BCUT2D eigenvalue weighted by atomic mass is 10.0. The third-order valence-corrected chi connectivity index (χ3v) is 2.94. The highest BCUT2D eigenvalue weighted by atomic mass is 31.1. The number of carbonyl (C=O) groups excluding carboxylic acids is 1. The molecule has 6 N–H and O–H groups in total. The van der Waals surface area contributed by atoms with Crippen LogP contribution in [0.1, 0.15) is 22.3 Å². The second-order valence-corrected chi connectivity index (χ2v) is 5.30. The molecule has 24 heavy (non-hydrogen) atoms. The Hall–Kier alpha value is -2.54. The quantitative estimate of drug-likeness (QED) is 0.357. The van der Waals surface area contributed by atoms with Gasteiger partial charge in [-0.15, -0.1) is 0 Å². The first-order valence-electron chi connectivity index (χ1n) is 6.68. The highest BCUT2D eigenvalue weighted by Crippen LogP contribution is 2.33. The monoisotopic (exact) mass is 356 g/mol. The van der Waals surface area contributed by atoms with Crippen molar-refractivity contribution in [1.29, 1.82) is 0 Å². The molecule has 0 aromatic heterocycles. The van der Waals surface area contributed by atoms with E-state index in [9.17, 15) is 20.1 Å². The van der Waals surface area contributed by atoms with Crippen LogP contribution in [0.15, 0.2) is 36.4 Å². The molecule has 0 aliphatic heterocycles. The van der Waals surface area contributed by atoms with Gasteiger partial charge in [-0.2, -0.15) is 0 Å². The molecule has 0 bridgehead atoms. The molecule has 0 fully saturated rings. The number of hydrogen-bond acceptors (Lipinski definition) is 6. The molecule has 0 amide bonds. The maximum atomic E-state index is 12.0. The van der Waals surface area contributed by atoms with Crippen LogP contribution in [0.2, 0.25) is 0 Å². The number of carbonyl (C=O) groups is 1. The highest BCUT2D eigenvalue weighted by Gasteiger charge is 2.17. The number of benzene rings is 2. The van der Waals surface area contributed by atoms with Gasteiger partial charge in [0.15, 0.2) is 5.78 Å². The molecule has 0 radical (unpaired) electrons. The van der Waals surface area contributed by atoms with Gasteiger partial charge >= 0.3 is 8.25 Å². The Morgan fingerprint density at radius 3 is 1.79 bits per heavy atom. The second kappa shape index (κ2) is 8.93. The summed E-state index contributed by atoms with van der Waals surface area (Å²) in [5.41, 5.74) is 0.662. The van der Waals surface area contributed by atoms with Crippen molar-refractivity contribution < 1.29 is 39.6 Å². The fourth-order valence-corrected chi connectivity index (χ4v) is 1.93. The number of hydrogen-bond donors (Lipinski definition) is 6. The van der Waals surface area contributed by atoms with Gasteiger partial charge in [0.2, 0.25) is 0 Å². The lowest BCUT2D eigenvalue weighted by Crippen LogP contribution is -2.02. The van der Waals surface area contributed by atoms with E-state index >= 15 is 0 Å². The van der Waals surface area contributed by atoms with E-state index in [1.165, 1.54) is 12.1 Å². The van der Waals surface area contributed by atoms with Crippen LogP contribution < -0.4 is 0 Å². The molecule has 2 aromatic rings. The molecule has 0 aliphatic carbocycles. The molecule has 130 valence electrons. The summed E-state index contributed by atoms with van der Waals surface area (Å²) in [5, 5.41) is 37.5. The fourth-order valence-electron chi connectivity index (χ4n) is 1.93. The van der Waals surface area contributed by atoms with Crippen LogP contribution in [0.3, 0.4) is 0 Å². The molecule has 0 heterocycles. The second-order valence-electron chi connectivity index (χ2n) is 4.73. The molecular formula is C15H17O8P. The number of ketones is 1. The van der Waals surface area contributed by atoms with Crippen LogP contribution in [-0.2, 0) is 11.0 Å². The van der Waals surface area contributed by atoms with Crippen LogP contribution >= 0.6 is 8.25 Å². The van der Waals surface area contributed by atoms with Gasteiger partial charge < -0.3 is 30.2 Å². The minimum Gasteiger partial charge on any atom is -0.508 e. The standard InChI is InChI=1S/C15H14O5.H3O3P/c16-10-4-1-9(2-5-10)3-6-12(18)15-13(19)7-11(17)8-14(15)20;1-4(2)3/h1-2,4-5,7-8,16-17,19-20H,3,6H2;4H,(H2,1,2,3). The van der Waals surface area contributed by atoms with Crippen molar-refractivity contribution in [2.45, 2.75) is 12.8 Å². The topological polar surface area (TPSA) is 156 Å². The molecule has 0 aliphatic rings. The molecule has 9 heteroatoms. The molecular weight excluding hydrogens is 339 g/mol. The first kappa shape index (κ1) is 19.5. The van der Waals surface area contributed by atoms with Crippen LogP contribution in [0.25, 0.3) is 0 Å². The summed E-state index contributed by atoms with van der Waals surface area (Å²) in [7, 11) is -3.13. The van der Waals surface area contributed by atoms with E-state index in [4.69, 9.17) is 19.5 Å². The van der Waals surface area contributed by atoms with Crippen molar-refractivity contribution in [3.05, 3.63) is 47.5 Å². The maximum absolute atomic E-state index is 12.0. The molecule has 0 atom stereocenters. The van der Waals surface area contributed by atoms with E-state index in [0.717, 1.165) is 17.7 Å². The van der Waals surface area contributed by atoms with Crippen LogP contribution in [-0.4, -0.2) is 36.0 Å². The van der Waals surface area contributed by atoms with E-state index in [0.29, 0.717) is 6.42 Å². The van der Waals surface area contributed by atoms with Gasteiger partial charge in [-0.05, 0) is 24.1 Å². The molecule has 0 spiro atoms. The zero-order valence-electron chi connectivity index (χ0n) is 12.4. The molecule has 2 aromatic carbocycles. The van der Waals surface area contributed by atoms with E-state index < -0.39 is 25.5 Å². The van der Waals surface area contributed by atoms with Crippen molar-refractivity contribution in [2.24, 2.45) is 0 Å². The van der Waals surface area contributed by atoms with Crippen LogP contribution in [0.4, 0.5) is 0 Å². The van der Waals surface area contributed by atoms with Gasteiger partial charge in [0.05, 0.1) is 0 Å². The number of phenolic OH excluding ortho intramolecular Hbond substituents is 4.